The molecule has 0 radical (unpaired) electrons. The summed E-state index contributed by atoms with van der Waals surface area (Å²) in [5.41, 5.74) is 0.214. The molecule has 9 nitrogen and oxygen atoms in total. The van der Waals surface area contributed by atoms with Gasteiger partial charge in [0.2, 0.25) is 11.8 Å². The summed E-state index contributed by atoms with van der Waals surface area (Å²) in [6, 6.07) is 5.74. The van der Waals surface area contributed by atoms with E-state index in [0.29, 0.717) is 24.5 Å². The van der Waals surface area contributed by atoms with E-state index < -0.39 is 17.7 Å². The minimum atomic E-state index is -0.729. The van der Waals surface area contributed by atoms with Gasteiger partial charge in [-0.15, -0.1) is 11.3 Å². The number of benzene rings is 1. The van der Waals surface area contributed by atoms with E-state index in [9.17, 15) is 19.5 Å². The van der Waals surface area contributed by atoms with Crippen molar-refractivity contribution in [2.75, 3.05) is 11.9 Å². The number of ether oxygens (including phenoxy) is 1. The van der Waals surface area contributed by atoms with Gasteiger partial charge in [0.1, 0.15) is 17.4 Å². The minimum absolute atomic E-state index is 0.134. The lowest BCUT2D eigenvalue weighted by atomic mass is 10.0. The number of nitrogens with zero attached hydrogens (tertiary/aromatic N) is 1. The number of aromatic nitrogens is 1. The third-order valence-electron chi connectivity index (χ3n) is 3.90. The van der Waals surface area contributed by atoms with Gasteiger partial charge in [-0.2, -0.15) is 0 Å². The quantitative estimate of drug-likeness (QED) is 0.491. The number of carbonyl (C=O) groups is 3. The SMILES string of the molecule is CC(=O)N[C@@H](Cc1ccc(O)cc1)C(=O)NCCc1cnc(NC(=O)OC(C)(C)C)s1. The summed E-state index contributed by atoms with van der Waals surface area (Å²) in [5.74, 6) is -0.478. The van der Waals surface area contributed by atoms with Gasteiger partial charge in [0.05, 0.1) is 0 Å². The molecule has 3 amide bonds. The number of hydrogen-bond donors (Lipinski definition) is 4. The molecule has 0 saturated carbocycles. The van der Waals surface area contributed by atoms with Crippen LogP contribution >= 0.6 is 11.3 Å². The summed E-state index contributed by atoms with van der Waals surface area (Å²) in [5, 5.41) is 17.8. The van der Waals surface area contributed by atoms with Gasteiger partial charge >= 0.3 is 6.09 Å². The first-order valence-electron chi connectivity index (χ1n) is 9.79. The molecule has 168 valence electrons. The Balaban J connectivity index is 1.85. The molecule has 4 N–H and O–H groups in total. The average Bonchev–Trinajstić information content (AvgIpc) is 3.08. The van der Waals surface area contributed by atoms with Crippen LogP contribution in [-0.4, -0.2) is 46.2 Å². The lowest BCUT2D eigenvalue weighted by Gasteiger charge is -2.18. The van der Waals surface area contributed by atoms with E-state index in [1.807, 2.05) is 0 Å². The predicted molar refractivity (Wildman–Crippen MR) is 118 cm³/mol. The highest BCUT2D eigenvalue weighted by atomic mass is 32.1. The highest BCUT2D eigenvalue weighted by Gasteiger charge is 2.20. The Labute approximate surface area is 185 Å². The molecule has 31 heavy (non-hydrogen) atoms. The van der Waals surface area contributed by atoms with Gasteiger partial charge in [0, 0.05) is 37.4 Å². The van der Waals surface area contributed by atoms with Crippen molar-refractivity contribution in [3.63, 3.8) is 0 Å². The average molecular weight is 449 g/mol. The maximum absolute atomic E-state index is 12.6. The summed E-state index contributed by atoms with van der Waals surface area (Å²) in [6.45, 7) is 7.03. The molecule has 0 spiro atoms. The lowest BCUT2D eigenvalue weighted by molar-refractivity contribution is -0.128. The second kappa shape index (κ2) is 10.8. The van der Waals surface area contributed by atoms with Crippen molar-refractivity contribution in [2.45, 2.75) is 52.2 Å². The van der Waals surface area contributed by atoms with Gasteiger partial charge in [-0.1, -0.05) is 12.1 Å². The van der Waals surface area contributed by atoms with Gasteiger partial charge in [-0.05, 0) is 38.5 Å². The zero-order valence-corrected chi connectivity index (χ0v) is 18.8. The molecule has 0 bridgehead atoms. The fourth-order valence-electron chi connectivity index (χ4n) is 2.63. The fraction of sp³-hybridized carbons (Fsp3) is 0.429. The number of anilines is 1. The number of carbonyl (C=O) groups excluding carboxylic acids is 3. The smallest absolute Gasteiger partial charge is 0.413 e. The second-order valence-electron chi connectivity index (χ2n) is 7.92. The molecule has 1 heterocycles. The first-order chi connectivity index (χ1) is 14.5. The lowest BCUT2D eigenvalue weighted by Crippen LogP contribution is -2.47. The van der Waals surface area contributed by atoms with E-state index in [1.54, 1.807) is 39.1 Å². The number of amides is 3. The maximum atomic E-state index is 12.6. The Morgan fingerprint density at radius 1 is 1.19 bits per heavy atom. The molecule has 10 heteroatoms. The largest absolute Gasteiger partial charge is 0.508 e. The van der Waals surface area contributed by atoms with E-state index in [1.165, 1.54) is 30.4 Å². The van der Waals surface area contributed by atoms with Crippen molar-refractivity contribution in [3.05, 3.63) is 40.9 Å². The number of aromatic hydroxyl groups is 1. The van der Waals surface area contributed by atoms with Crippen molar-refractivity contribution in [1.29, 1.82) is 0 Å². The summed E-state index contributed by atoms with van der Waals surface area (Å²) in [4.78, 5) is 40.9. The second-order valence-corrected chi connectivity index (χ2v) is 9.04. The zero-order valence-electron chi connectivity index (χ0n) is 18.0. The third-order valence-corrected chi connectivity index (χ3v) is 4.87. The Bertz CT molecular complexity index is 905. The molecule has 2 rings (SSSR count). The fourth-order valence-corrected chi connectivity index (χ4v) is 3.42. The monoisotopic (exact) mass is 448 g/mol. The zero-order chi connectivity index (χ0) is 23.0. The molecule has 0 saturated heterocycles. The van der Waals surface area contributed by atoms with Crippen LogP contribution in [0.2, 0.25) is 0 Å². The number of phenols is 1. The highest BCUT2D eigenvalue weighted by Crippen LogP contribution is 2.19. The molecule has 0 aliphatic carbocycles. The Morgan fingerprint density at radius 3 is 2.48 bits per heavy atom. The molecule has 0 fully saturated rings. The number of rotatable bonds is 8. The molecule has 1 aromatic carbocycles. The maximum Gasteiger partial charge on any atom is 0.413 e. The number of phenolic OH excluding ortho intramolecular Hbond substituents is 1. The third kappa shape index (κ3) is 9.04. The van der Waals surface area contributed by atoms with Gasteiger partial charge in [-0.3, -0.25) is 14.9 Å². The number of hydrogen-bond acceptors (Lipinski definition) is 7. The summed E-state index contributed by atoms with van der Waals surface area (Å²) >= 11 is 1.29. The van der Waals surface area contributed by atoms with E-state index in [-0.39, 0.29) is 17.6 Å². The molecule has 0 aliphatic rings. The van der Waals surface area contributed by atoms with Crippen LogP contribution in [0.3, 0.4) is 0 Å². The molecule has 0 unspecified atom stereocenters. The van der Waals surface area contributed by atoms with E-state index in [4.69, 9.17) is 4.74 Å². The van der Waals surface area contributed by atoms with Crippen LogP contribution in [0.15, 0.2) is 30.5 Å². The Kier molecular flexibility index (Phi) is 8.38. The molecule has 2 aromatic rings. The summed E-state index contributed by atoms with van der Waals surface area (Å²) in [6.07, 6.45) is 1.88. The van der Waals surface area contributed by atoms with Gasteiger partial charge in [0.25, 0.3) is 0 Å². The van der Waals surface area contributed by atoms with Crippen molar-refractivity contribution in [1.82, 2.24) is 15.6 Å². The molecule has 1 aromatic heterocycles. The van der Waals surface area contributed by atoms with Crippen molar-refractivity contribution in [3.8, 4) is 5.75 Å². The Morgan fingerprint density at radius 2 is 1.87 bits per heavy atom. The topological polar surface area (TPSA) is 130 Å². The van der Waals surface area contributed by atoms with Gasteiger partial charge in [0.15, 0.2) is 5.13 Å². The predicted octanol–water partition coefficient (Wildman–Crippen LogP) is 2.60. The first kappa shape index (κ1) is 24.1. The number of nitrogens with one attached hydrogen (secondary N) is 3. The van der Waals surface area contributed by atoms with Crippen LogP contribution < -0.4 is 16.0 Å². The van der Waals surface area contributed by atoms with Gasteiger partial charge in [-0.25, -0.2) is 9.78 Å². The molecule has 1 atom stereocenters. The molecular weight excluding hydrogens is 420 g/mol. The van der Waals surface area contributed by atoms with Crippen LogP contribution in [-0.2, 0) is 27.2 Å². The van der Waals surface area contributed by atoms with E-state index in [2.05, 4.69) is 20.9 Å². The van der Waals surface area contributed by atoms with Crippen molar-refractivity contribution >= 4 is 34.4 Å². The van der Waals surface area contributed by atoms with Crippen LogP contribution in [0.25, 0.3) is 0 Å². The normalized spacial score (nSPS) is 12.0. The standard InChI is InChI=1S/C21H28N4O5S/c1-13(26)24-17(11-14-5-7-15(27)8-6-14)18(28)22-10-9-16-12-23-19(31-16)25-20(29)30-21(2,3)4/h5-8,12,17,27H,9-11H2,1-4H3,(H,22,28)(H,24,26)(H,23,25,29)/t17-/m0/s1. The van der Waals surface area contributed by atoms with E-state index >= 15 is 0 Å². The Hall–Kier alpha value is -3.14. The molecular formula is C21H28N4O5S. The van der Waals surface area contributed by atoms with Gasteiger partial charge < -0.3 is 20.5 Å². The highest BCUT2D eigenvalue weighted by molar-refractivity contribution is 7.15. The summed E-state index contributed by atoms with van der Waals surface area (Å²) in [7, 11) is 0. The minimum Gasteiger partial charge on any atom is -0.508 e. The van der Waals surface area contributed by atoms with Crippen molar-refractivity contribution < 1.29 is 24.2 Å². The van der Waals surface area contributed by atoms with Crippen LogP contribution in [0, 0.1) is 0 Å². The van der Waals surface area contributed by atoms with Crippen LogP contribution in [0.4, 0.5) is 9.93 Å². The van der Waals surface area contributed by atoms with Crippen LogP contribution in [0.5, 0.6) is 5.75 Å². The number of thiazole rings is 1. The van der Waals surface area contributed by atoms with Crippen LogP contribution in [0.1, 0.15) is 38.1 Å². The van der Waals surface area contributed by atoms with Crippen molar-refractivity contribution in [2.24, 2.45) is 0 Å². The summed E-state index contributed by atoms with van der Waals surface area (Å²) < 4.78 is 5.19. The van der Waals surface area contributed by atoms with E-state index in [0.717, 1.165) is 10.4 Å². The molecule has 0 aliphatic heterocycles. The first-order valence-corrected chi connectivity index (χ1v) is 10.6.